The van der Waals surface area contributed by atoms with E-state index in [0.717, 1.165) is 0 Å². The molecule has 0 heterocycles. The SMILES string of the molecule is CC(=O)Cc1cc(C(C)C)ccc1C(C)C. The standard InChI is InChI=1S/C15H22O/c1-10(2)13-6-7-15(11(3)4)14(9-13)8-12(5)16/h6-7,9-11H,8H2,1-5H3. The molecule has 0 amide bonds. The normalized spacial score (nSPS) is 11.2. The summed E-state index contributed by atoms with van der Waals surface area (Å²) >= 11 is 0. The minimum absolute atomic E-state index is 0.239. The molecule has 1 nitrogen and oxygen atoms in total. The molecule has 0 aliphatic carbocycles. The van der Waals surface area contributed by atoms with E-state index in [4.69, 9.17) is 0 Å². The van der Waals surface area contributed by atoms with Crippen LogP contribution >= 0.6 is 0 Å². The van der Waals surface area contributed by atoms with Crippen LogP contribution in [0.1, 0.15) is 63.1 Å². The van der Waals surface area contributed by atoms with E-state index in [9.17, 15) is 4.79 Å². The highest BCUT2D eigenvalue weighted by Gasteiger charge is 2.10. The smallest absolute Gasteiger partial charge is 0.134 e. The van der Waals surface area contributed by atoms with Crippen LogP contribution < -0.4 is 0 Å². The van der Waals surface area contributed by atoms with Crippen molar-refractivity contribution in [2.24, 2.45) is 0 Å². The van der Waals surface area contributed by atoms with Crippen molar-refractivity contribution in [3.8, 4) is 0 Å². The van der Waals surface area contributed by atoms with Crippen LogP contribution in [0.25, 0.3) is 0 Å². The molecule has 88 valence electrons. The lowest BCUT2D eigenvalue weighted by atomic mass is 9.90. The second-order valence-corrected chi connectivity index (χ2v) is 5.15. The molecule has 0 unspecified atom stereocenters. The highest BCUT2D eigenvalue weighted by molar-refractivity contribution is 5.78. The fourth-order valence-electron chi connectivity index (χ4n) is 1.97. The van der Waals surface area contributed by atoms with Crippen molar-refractivity contribution in [1.29, 1.82) is 0 Å². The minimum atomic E-state index is 0.239. The van der Waals surface area contributed by atoms with Gasteiger partial charge in [0.25, 0.3) is 0 Å². The van der Waals surface area contributed by atoms with Gasteiger partial charge in [-0.05, 0) is 35.4 Å². The number of Topliss-reactive ketones (excluding diaryl/α,β-unsaturated/α-hetero) is 1. The Morgan fingerprint density at radius 2 is 1.75 bits per heavy atom. The Labute approximate surface area is 98.9 Å². The van der Waals surface area contributed by atoms with Crippen LogP contribution in [0.15, 0.2) is 18.2 Å². The summed E-state index contributed by atoms with van der Waals surface area (Å²) in [6.45, 7) is 10.4. The van der Waals surface area contributed by atoms with E-state index in [-0.39, 0.29) is 5.78 Å². The second-order valence-electron chi connectivity index (χ2n) is 5.15. The van der Waals surface area contributed by atoms with Gasteiger partial charge < -0.3 is 0 Å². The number of rotatable bonds is 4. The summed E-state index contributed by atoms with van der Waals surface area (Å²) in [5, 5.41) is 0. The van der Waals surface area contributed by atoms with Crippen molar-refractivity contribution >= 4 is 5.78 Å². The van der Waals surface area contributed by atoms with Gasteiger partial charge in [-0.1, -0.05) is 45.9 Å². The zero-order chi connectivity index (χ0) is 12.3. The van der Waals surface area contributed by atoms with E-state index in [0.29, 0.717) is 18.3 Å². The summed E-state index contributed by atoms with van der Waals surface area (Å²) in [7, 11) is 0. The Hall–Kier alpha value is -1.11. The molecule has 0 fully saturated rings. The lowest BCUT2D eigenvalue weighted by Gasteiger charge is -2.15. The maximum atomic E-state index is 11.3. The van der Waals surface area contributed by atoms with E-state index in [2.05, 4.69) is 45.9 Å². The molecule has 1 heteroatoms. The molecular weight excluding hydrogens is 196 g/mol. The number of ketones is 1. The first kappa shape index (κ1) is 13.0. The fourth-order valence-corrected chi connectivity index (χ4v) is 1.97. The monoisotopic (exact) mass is 218 g/mol. The summed E-state index contributed by atoms with van der Waals surface area (Å²) in [6.07, 6.45) is 0.564. The Kier molecular flexibility index (Phi) is 4.28. The van der Waals surface area contributed by atoms with Gasteiger partial charge in [0.2, 0.25) is 0 Å². The molecule has 0 atom stereocenters. The number of carbonyl (C=O) groups is 1. The van der Waals surface area contributed by atoms with Crippen LogP contribution in [0.4, 0.5) is 0 Å². The lowest BCUT2D eigenvalue weighted by Crippen LogP contribution is -2.04. The first-order chi connectivity index (χ1) is 7.41. The van der Waals surface area contributed by atoms with Crippen LogP contribution in [0.5, 0.6) is 0 Å². The first-order valence-electron chi connectivity index (χ1n) is 6.04. The molecule has 0 aromatic heterocycles. The molecule has 0 saturated heterocycles. The van der Waals surface area contributed by atoms with Gasteiger partial charge in [-0.3, -0.25) is 4.79 Å². The van der Waals surface area contributed by atoms with Gasteiger partial charge in [0.05, 0.1) is 0 Å². The quantitative estimate of drug-likeness (QED) is 0.744. The van der Waals surface area contributed by atoms with Crippen LogP contribution in [-0.4, -0.2) is 5.78 Å². The third-order valence-corrected chi connectivity index (χ3v) is 2.90. The van der Waals surface area contributed by atoms with Crippen molar-refractivity contribution in [2.75, 3.05) is 0 Å². The first-order valence-corrected chi connectivity index (χ1v) is 6.04. The second kappa shape index (κ2) is 5.29. The average Bonchev–Trinajstić information content (AvgIpc) is 2.15. The number of benzene rings is 1. The highest BCUT2D eigenvalue weighted by atomic mass is 16.1. The summed E-state index contributed by atoms with van der Waals surface area (Å²) in [5.41, 5.74) is 3.83. The third-order valence-electron chi connectivity index (χ3n) is 2.90. The van der Waals surface area contributed by atoms with Gasteiger partial charge in [-0.15, -0.1) is 0 Å². The topological polar surface area (TPSA) is 17.1 Å². The summed E-state index contributed by atoms with van der Waals surface area (Å²) in [6, 6.07) is 6.56. The van der Waals surface area contributed by atoms with E-state index in [1.54, 1.807) is 6.92 Å². The molecule has 0 aliphatic heterocycles. The maximum absolute atomic E-state index is 11.3. The largest absolute Gasteiger partial charge is 0.300 e. The van der Waals surface area contributed by atoms with Gasteiger partial charge in [0.1, 0.15) is 5.78 Å². The summed E-state index contributed by atoms with van der Waals surface area (Å²) in [5.74, 6) is 1.24. The maximum Gasteiger partial charge on any atom is 0.134 e. The molecule has 0 radical (unpaired) electrons. The molecule has 0 spiro atoms. The molecule has 0 N–H and O–H groups in total. The van der Waals surface area contributed by atoms with Gasteiger partial charge in [0, 0.05) is 6.42 Å². The van der Waals surface area contributed by atoms with Gasteiger partial charge in [-0.25, -0.2) is 0 Å². The van der Waals surface area contributed by atoms with Gasteiger partial charge in [0.15, 0.2) is 0 Å². The van der Waals surface area contributed by atoms with Crippen molar-refractivity contribution in [3.63, 3.8) is 0 Å². The molecule has 1 aromatic carbocycles. The Morgan fingerprint density at radius 1 is 1.12 bits per heavy atom. The van der Waals surface area contributed by atoms with Crippen LogP contribution in [-0.2, 0) is 11.2 Å². The lowest BCUT2D eigenvalue weighted by molar-refractivity contribution is -0.116. The predicted molar refractivity (Wildman–Crippen MR) is 69.0 cm³/mol. The zero-order valence-corrected chi connectivity index (χ0v) is 11.0. The van der Waals surface area contributed by atoms with Crippen LogP contribution in [0.3, 0.4) is 0 Å². The van der Waals surface area contributed by atoms with Crippen molar-refractivity contribution < 1.29 is 4.79 Å². The molecule has 1 rings (SSSR count). The van der Waals surface area contributed by atoms with Crippen molar-refractivity contribution in [3.05, 3.63) is 34.9 Å². The average molecular weight is 218 g/mol. The van der Waals surface area contributed by atoms with Gasteiger partial charge >= 0.3 is 0 Å². The molecule has 1 aromatic rings. The predicted octanol–water partition coefficient (Wildman–Crippen LogP) is 4.06. The number of hydrogen-bond acceptors (Lipinski definition) is 1. The van der Waals surface area contributed by atoms with E-state index in [1.165, 1.54) is 16.7 Å². The molecule has 0 saturated carbocycles. The Morgan fingerprint density at radius 3 is 2.19 bits per heavy atom. The van der Waals surface area contributed by atoms with Gasteiger partial charge in [-0.2, -0.15) is 0 Å². The third kappa shape index (κ3) is 3.19. The Bertz CT molecular complexity index is 375. The summed E-state index contributed by atoms with van der Waals surface area (Å²) < 4.78 is 0. The van der Waals surface area contributed by atoms with E-state index in [1.807, 2.05) is 0 Å². The fraction of sp³-hybridized carbons (Fsp3) is 0.533. The molecule has 0 aliphatic rings. The van der Waals surface area contributed by atoms with Crippen molar-refractivity contribution in [1.82, 2.24) is 0 Å². The zero-order valence-electron chi connectivity index (χ0n) is 11.0. The summed E-state index contributed by atoms with van der Waals surface area (Å²) in [4.78, 5) is 11.3. The van der Waals surface area contributed by atoms with Crippen LogP contribution in [0.2, 0.25) is 0 Å². The Balaban J connectivity index is 3.15. The number of carbonyl (C=O) groups excluding carboxylic acids is 1. The molecular formula is C15H22O. The highest BCUT2D eigenvalue weighted by Crippen LogP contribution is 2.24. The molecule has 16 heavy (non-hydrogen) atoms. The van der Waals surface area contributed by atoms with E-state index >= 15 is 0 Å². The molecule has 0 bridgehead atoms. The van der Waals surface area contributed by atoms with Crippen molar-refractivity contribution in [2.45, 2.75) is 52.9 Å². The van der Waals surface area contributed by atoms with Crippen LogP contribution in [0, 0.1) is 0 Å². The number of hydrogen-bond donors (Lipinski definition) is 0. The minimum Gasteiger partial charge on any atom is -0.300 e. The van der Waals surface area contributed by atoms with E-state index < -0.39 is 0 Å².